The number of fused-ring (bicyclic) bond motifs is 1. The molecule has 1 aromatic carbocycles. The number of halogens is 2. The van der Waals surface area contributed by atoms with Gasteiger partial charge in [0.1, 0.15) is 6.04 Å². The highest BCUT2D eigenvalue weighted by Crippen LogP contribution is 2.26. The van der Waals surface area contributed by atoms with Gasteiger partial charge in [0.2, 0.25) is 0 Å². The number of aliphatic hydroxyl groups is 1. The standard InChI is InChI=1S/C13H12F2N4O3/c1-5(20)9-12(21)19(13(22)18-9)6-2-3-7-8(4-6)17-11(16-7)10(14)15/h2-5,9-10,20H,1H3,(H,16,17)(H,18,22)/t5-,9+/m1/s1. The molecular formula is C13H12F2N4O3. The van der Waals surface area contributed by atoms with E-state index in [9.17, 15) is 23.5 Å². The molecule has 1 aliphatic heterocycles. The Bertz CT molecular complexity index is 759. The van der Waals surface area contributed by atoms with Crippen LogP contribution in [0.4, 0.5) is 19.3 Å². The van der Waals surface area contributed by atoms with E-state index in [0.717, 1.165) is 4.90 Å². The summed E-state index contributed by atoms with van der Waals surface area (Å²) in [7, 11) is 0. The smallest absolute Gasteiger partial charge is 0.329 e. The Kier molecular flexibility index (Phi) is 3.28. The molecule has 1 aliphatic rings. The van der Waals surface area contributed by atoms with Crippen molar-refractivity contribution >= 4 is 28.7 Å². The molecule has 3 rings (SSSR count). The molecule has 2 heterocycles. The van der Waals surface area contributed by atoms with Crippen LogP contribution in [0.3, 0.4) is 0 Å². The van der Waals surface area contributed by atoms with E-state index < -0.39 is 36.3 Å². The Balaban J connectivity index is 1.99. The van der Waals surface area contributed by atoms with Crippen molar-refractivity contribution in [3.05, 3.63) is 24.0 Å². The third kappa shape index (κ3) is 2.19. The summed E-state index contributed by atoms with van der Waals surface area (Å²) in [5.74, 6) is -1.08. The highest BCUT2D eigenvalue weighted by molar-refractivity contribution is 6.22. The largest absolute Gasteiger partial charge is 0.391 e. The van der Waals surface area contributed by atoms with E-state index >= 15 is 0 Å². The average molecular weight is 310 g/mol. The number of benzene rings is 1. The first-order chi connectivity index (χ1) is 10.4. The molecule has 2 aromatic rings. The molecule has 0 radical (unpaired) electrons. The fraction of sp³-hybridized carbons (Fsp3) is 0.308. The number of hydrogen-bond donors (Lipinski definition) is 3. The topological polar surface area (TPSA) is 98.3 Å². The minimum absolute atomic E-state index is 0.211. The number of aromatic amines is 1. The Morgan fingerprint density at radius 1 is 1.36 bits per heavy atom. The molecule has 0 bridgehead atoms. The summed E-state index contributed by atoms with van der Waals surface area (Å²) in [6, 6.07) is 2.55. The van der Waals surface area contributed by atoms with Crippen LogP contribution >= 0.6 is 0 Å². The molecule has 3 amide bonds. The van der Waals surface area contributed by atoms with Gasteiger partial charge in [-0.2, -0.15) is 0 Å². The molecule has 9 heteroatoms. The molecule has 1 aromatic heterocycles. The number of aromatic nitrogens is 2. The molecule has 0 spiro atoms. The maximum absolute atomic E-state index is 12.6. The number of imide groups is 1. The molecular weight excluding hydrogens is 298 g/mol. The van der Waals surface area contributed by atoms with Crippen molar-refractivity contribution < 1.29 is 23.5 Å². The number of hydrogen-bond acceptors (Lipinski definition) is 4. The lowest BCUT2D eigenvalue weighted by Crippen LogP contribution is -2.39. The second-order valence-corrected chi connectivity index (χ2v) is 4.97. The Labute approximate surface area is 122 Å². The molecule has 3 N–H and O–H groups in total. The lowest BCUT2D eigenvalue weighted by atomic mass is 10.2. The summed E-state index contributed by atoms with van der Waals surface area (Å²) in [6.45, 7) is 1.39. The number of nitrogens with one attached hydrogen (secondary N) is 2. The normalized spacial score (nSPS) is 20.0. The van der Waals surface area contributed by atoms with Crippen LogP contribution in [0.1, 0.15) is 19.2 Å². The zero-order chi connectivity index (χ0) is 16.0. The van der Waals surface area contributed by atoms with Gasteiger partial charge in [-0.15, -0.1) is 0 Å². The molecule has 0 aliphatic carbocycles. The zero-order valence-electron chi connectivity index (χ0n) is 11.4. The predicted molar refractivity (Wildman–Crippen MR) is 72.5 cm³/mol. The fourth-order valence-corrected chi connectivity index (χ4v) is 2.33. The number of nitrogens with zero attached hydrogens (tertiary/aromatic N) is 2. The molecule has 7 nitrogen and oxygen atoms in total. The third-order valence-electron chi connectivity index (χ3n) is 3.40. The quantitative estimate of drug-likeness (QED) is 0.744. The number of carbonyl (C=O) groups excluding carboxylic acids is 2. The fourth-order valence-electron chi connectivity index (χ4n) is 2.33. The SMILES string of the molecule is C[C@@H](O)[C@@H]1NC(=O)N(c2ccc3nc(C(F)F)[nH]c3c2)C1=O. The van der Waals surface area contributed by atoms with E-state index in [0.29, 0.717) is 5.52 Å². The summed E-state index contributed by atoms with van der Waals surface area (Å²) >= 11 is 0. The van der Waals surface area contributed by atoms with Crippen molar-refractivity contribution in [3.8, 4) is 0 Å². The van der Waals surface area contributed by atoms with Crippen LogP contribution in [0.25, 0.3) is 11.0 Å². The molecule has 0 saturated carbocycles. The van der Waals surface area contributed by atoms with Crippen LogP contribution < -0.4 is 10.2 Å². The van der Waals surface area contributed by atoms with Crippen LogP contribution in [-0.4, -0.2) is 39.2 Å². The van der Waals surface area contributed by atoms with Gasteiger partial charge in [-0.25, -0.2) is 23.5 Å². The van der Waals surface area contributed by atoms with Crippen molar-refractivity contribution in [1.82, 2.24) is 15.3 Å². The van der Waals surface area contributed by atoms with E-state index in [-0.39, 0.29) is 11.2 Å². The lowest BCUT2D eigenvalue weighted by molar-refractivity contribution is -0.120. The first-order valence-electron chi connectivity index (χ1n) is 6.49. The van der Waals surface area contributed by atoms with Gasteiger partial charge < -0.3 is 15.4 Å². The third-order valence-corrected chi connectivity index (χ3v) is 3.40. The van der Waals surface area contributed by atoms with Crippen LogP contribution in [0.2, 0.25) is 0 Å². The summed E-state index contributed by atoms with van der Waals surface area (Å²) < 4.78 is 25.2. The van der Waals surface area contributed by atoms with Gasteiger partial charge in [-0.05, 0) is 25.1 Å². The first kappa shape index (κ1) is 14.4. The number of carbonyl (C=O) groups is 2. The monoisotopic (exact) mass is 310 g/mol. The van der Waals surface area contributed by atoms with Gasteiger partial charge in [0, 0.05) is 0 Å². The molecule has 0 unspecified atom stereocenters. The van der Waals surface area contributed by atoms with E-state index in [4.69, 9.17) is 0 Å². The zero-order valence-corrected chi connectivity index (χ0v) is 11.4. The highest BCUT2D eigenvalue weighted by Gasteiger charge is 2.41. The van der Waals surface area contributed by atoms with Crippen molar-refractivity contribution in [1.29, 1.82) is 0 Å². The van der Waals surface area contributed by atoms with Gasteiger partial charge in [0.15, 0.2) is 5.82 Å². The number of H-pyrrole nitrogens is 1. The maximum Gasteiger partial charge on any atom is 0.329 e. The van der Waals surface area contributed by atoms with E-state index in [2.05, 4.69) is 15.3 Å². The number of imidazole rings is 1. The average Bonchev–Trinajstić information content (AvgIpc) is 2.99. The number of alkyl halides is 2. The molecule has 22 heavy (non-hydrogen) atoms. The Hall–Kier alpha value is -2.55. The van der Waals surface area contributed by atoms with Crippen molar-refractivity contribution in [2.45, 2.75) is 25.5 Å². The van der Waals surface area contributed by atoms with Gasteiger partial charge in [0.05, 0.1) is 22.8 Å². The minimum atomic E-state index is -2.74. The van der Waals surface area contributed by atoms with Crippen molar-refractivity contribution in [2.75, 3.05) is 4.90 Å². The van der Waals surface area contributed by atoms with Crippen LogP contribution in [0.5, 0.6) is 0 Å². The Morgan fingerprint density at radius 3 is 2.68 bits per heavy atom. The maximum atomic E-state index is 12.6. The summed E-state index contributed by atoms with van der Waals surface area (Å²) in [5.41, 5.74) is 0.801. The highest BCUT2D eigenvalue weighted by atomic mass is 19.3. The second kappa shape index (κ2) is 5.02. The summed E-state index contributed by atoms with van der Waals surface area (Å²) in [6.07, 6.45) is -3.78. The van der Waals surface area contributed by atoms with Gasteiger partial charge in [-0.3, -0.25) is 4.79 Å². The number of rotatable bonds is 3. The second-order valence-electron chi connectivity index (χ2n) is 4.97. The van der Waals surface area contributed by atoms with Gasteiger partial charge in [-0.1, -0.05) is 0 Å². The van der Waals surface area contributed by atoms with Crippen LogP contribution in [0, 0.1) is 0 Å². The predicted octanol–water partition coefficient (Wildman–Crippen LogP) is 1.31. The van der Waals surface area contributed by atoms with E-state index in [1.165, 1.54) is 25.1 Å². The van der Waals surface area contributed by atoms with E-state index in [1.54, 1.807) is 0 Å². The van der Waals surface area contributed by atoms with Crippen LogP contribution in [0.15, 0.2) is 18.2 Å². The first-order valence-corrected chi connectivity index (χ1v) is 6.49. The minimum Gasteiger partial charge on any atom is -0.391 e. The number of amides is 3. The number of urea groups is 1. The van der Waals surface area contributed by atoms with Crippen LogP contribution in [-0.2, 0) is 4.79 Å². The number of anilines is 1. The van der Waals surface area contributed by atoms with Crippen molar-refractivity contribution in [2.24, 2.45) is 0 Å². The molecule has 1 saturated heterocycles. The number of aliphatic hydroxyl groups excluding tert-OH is 1. The van der Waals surface area contributed by atoms with E-state index in [1.807, 2.05) is 0 Å². The molecule has 116 valence electrons. The molecule has 1 fully saturated rings. The van der Waals surface area contributed by atoms with Crippen molar-refractivity contribution in [3.63, 3.8) is 0 Å². The summed E-state index contributed by atoms with van der Waals surface area (Å²) in [5, 5.41) is 11.8. The van der Waals surface area contributed by atoms with Gasteiger partial charge in [0.25, 0.3) is 12.3 Å². The summed E-state index contributed by atoms with van der Waals surface area (Å²) in [4.78, 5) is 31.0. The lowest BCUT2D eigenvalue weighted by Gasteiger charge is -2.14. The Morgan fingerprint density at radius 2 is 2.09 bits per heavy atom. The molecule has 2 atom stereocenters. The van der Waals surface area contributed by atoms with Gasteiger partial charge >= 0.3 is 6.03 Å².